The van der Waals surface area contributed by atoms with Gasteiger partial charge in [0.15, 0.2) is 0 Å². The topological polar surface area (TPSA) is 12.0 Å². The summed E-state index contributed by atoms with van der Waals surface area (Å²) in [6.07, 6.45) is -6.28. The fraction of sp³-hybridized carbons (Fsp3) is 0.400. The maximum atomic E-state index is 8.31. The van der Waals surface area contributed by atoms with E-state index in [9.17, 15) is 0 Å². The fourth-order valence-corrected chi connectivity index (χ4v) is 1.09. The Balaban J connectivity index is 2.87. The highest BCUT2D eigenvalue weighted by Crippen LogP contribution is 2.24. The quantitative estimate of drug-likeness (QED) is 0.791. The Kier molecular flexibility index (Phi) is 0.707. The summed E-state index contributed by atoms with van der Waals surface area (Å²) in [7, 11) is 0. The molecule has 0 amide bonds. The Morgan fingerprint density at radius 3 is 3.42 bits per heavy atom. The van der Waals surface area contributed by atoms with Crippen molar-refractivity contribution in [3.8, 4) is 0 Å². The van der Waals surface area contributed by atoms with Crippen LogP contribution in [0.15, 0.2) is 28.6 Å². The van der Waals surface area contributed by atoms with E-state index in [2.05, 4.69) is 15.9 Å². The van der Waals surface area contributed by atoms with Crippen molar-refractivity contribution in [3.63, 3.8) is 0 Å². The van der Waals surface area contributed by atoms with Gasteiger partial charge in [0.05, 0.1) is 6.85 Å². The highest BCUT2D eigenvalue weighted by molar-refractivity contribution is 9.10. The molecular weight excluding hydrogens is 214 g/mol. The van der Waals surface area contributed by atoms with Gasteiger partial charge in [-0.1, -0.05) is 28.0 Å². The average Bonchev–Trinajstić information content (AvgIpc) is 2.50. The predicted octanol–water partition coefficient (Wildman–Crippen LogP) is 2.87. The van der Waals surface area contributed by atoms with Gasteiger partial charge >= 0.3 is 0 Å². The van der Waals surface area contributed by atoms with E-state index in [-0.39, 0.29) is 4.47 Å². The molecule has 1 fully saturated rings. The smallest absolute Gasteiger partial charge is 0.0638 e. The van der Waals surface area contributed by atoms with Crippen LogP contribution >= 0.6 is 15.9 Å². The maximum absolute atomic E-state index is 8.31. The molecule has 1 aliphatic rings. The molecule has 1 aliphatic heterocycles. The number of nitrogens with one attached hydrogen (secondary N) is 1. The van der Waals surface area contributed by atoms with Crippen LogP contribution in [0.25, 0.3) is 0 Å². The first-order valence-electron chi connectivity index (χ1n) is 8.69. The Morgan fingerprint density at radius 1 is 1.75 bits per heavy atom. The van der Waals surface area contributed by atoms with Gasteiger partial charge in [-0.15, -0.1) is 0 Å². The van der Waals surface area contributed by atoms with Crippen LogP contribution in [0.1, 0.15) is 39.4 Å². The first-order chi connectivity index (χ1) is 10.1. The van der Waals surface area contributed by atoms with Crippen molar-refractivity contribution in [2.24, 2.45) is 0 Å². The normalized spacial score (nSPS) is 54.9. The molecule has 64 valence electrons. The molecule has 0 aromatic heterocycles. The van der Waals surface area contributed by atoms with Crippen molar-refractivity contribution in [3.05, 3.63) is 34.2 Å². The van der Waals surface area contributed by atoms with E-state index < -0.39 is 55.0 Å². The minimum absolute atomic E-state index is 0.245. The summed E-state index contributed by atoms with van der Waals surface area (Å²) in [6, 6.07) is -5.39. The Labute approximate surface area is 96.8 Å². The molecule has 0 saturated carbocycles. The van der Waals surface area contributed by atoms with E-state index in [1.54, 1.807) is 0 Å². The van der Waals surface area contributed by atoms with Gasteiger partial charge in [0.1, 0.15) is 0 Å². The Bertz CT molecular complexity index is 659. The highest BCUT2D eigenvalue weighted by Gasteiger charge is 2.15. The predicted molar refractivity (Wildman–Crippen MR) is 54.1 cm³/mol. The van der Waals surface area contributed by atoms with Crippen LogP contribution in [0.5, 0.6) is 0 Å². The van der Waals surface area contributed by atoms with Crippen molar-refractivity contribution < 1.29 is 15.1 Å². The molecule has 1 unspecified atom stereocenters. The number of hydrogen-bond acceptors (Lipinski definition) is 1. The fourth-order valence-electron chi connectivity index (χ4n) is 0.790. The average molecular weight is 237 g/mol. The molecule has 0 spiro atoms. The van der Waals surface area contributed by atoms with Gasteiger partial charge < -0.3 is 5.32 Å². The molecule has 1 heterocycles. The summed E-state index contributed by atoms with van der Waals surface area (Å²) < 4.78 is 85.8. The van der Waals surface area contributed by atoms with Gasteiger partial charge in [0.25, 0.3) is 0 Å². The first kappa shape index (κ1) is 2.37. The number of benzene rings is 1. The zero-order chi connectivity index (χ0) is 18.2. The molecule has 1 aromatic rings. The third kappa shape index (κ3) is 1.70. The largest absolute Gasteiger partial charge is 0.310 e. The minimum Gasteiger partial charge on any atom is -0.310 e. The van der Waals surface area contributed by atoms with Gasteiger partial charge in [-0.2, -0.15) is 0 Å². The molecule has 1 saturated heterocycles. The van der Waals surface area contributed by atoms with Crippen molar-refractivity contribution >= 4 is 15.9 Å². The SMILES string of the molecule is [2H]c1c([2H])c(Br)c([2H])c(C2([2H])NC([2H])([2H])C([2H])([2H])C2([2H])[2H])c1[2H]. The molecule has 0 bridgehead atoms. The van der Waals surface area contributed by atoms with Crippen LogP contribution in [-0.2, 0) is 0 Å². The second-order valence-electron chi connectivity index (χ2n) is 2.06. The molecule has 1 nitrogen and oxygen atoms in total. The Hall–Kier alpha value is -0.340. The lowest BCUT2D eigenvalue weighted by Crippen LogP contribution is -2.12. The molecule has 0 radical (unpaired) electrons. The zero-order valence-electron chi connectivity index (χ0n) is 16.9. The van der Waals surface area contributed by atoms with Crippen molar-refractivity contribution in [2.45, 2.75) is 18.8 Å². The number of rotatable bonds is 1. The summed E-state index contributed by atoms with van der Waals surface area (Å²) >= 11 is 2.88. The molecule has 1 N–H and O–H groups in total. The zero-order valence-corrected chi connectivity index (χ0v) is 7.46. The lowest BCUT2D eigenvalue weighted by Gasteiger charge is -2.09. The summed E-state index contributed by atoms with van der Waals surface area (Å²) in [5, 5.41) is 1.90. The summed E-state index contributed by atoms with van der Waals surface area (Å²) in [4.78, 5) is 0. The number of halogens is 1. The van der Waals surface area contributed by atoms with E-state index in [0.29, 0.717) is 0 Å². The molecule has 12 heavy (non-hydrogen) atoms. The van der Waals surface area contributed by atoms with Gasteiger partial charge in [-0.3, -0.25) is 0 Å². The van der Waals surface area contributed by atoms with Gasteiger partial charge in [-0.05, 0) is 36.9 Å². The monoisotopic (exact) mass is 236 g/mol. The van der Waals surface area contributed by atoms with Crippen molar-refractivity contribution in [1.29, 1.82) is 0 Å². The van der Waals surface area contributed by atoms with E-state index >= 15 is 0 Å². The minimum atomic E-state index is -3.15. The molecule has 0 aliphatic carbocycles. The lowest BCUT2D eigenvalue weighted by molar-refractivity contribution is 0.647. The molecule has 1 atom stereocenters. The Morgan fingerprint density at radius 2 is 2.67 bits per heavy atom. The lowest BCUT2D eigenvalue weighted by atomic mass is 10.1. The van der Waals surface area contributed by atoms with E-state index in [1.807, 2.05) is 5.32 Å². The van der Waals surface area contributed by atoms with Crippen molar-refractivity contribution in [1.82, 2.24) is 5.32 Å². The number of hydrogen-bond donors (Lipinski definition) is 1. The molecular formula is C10H12BrN. The second-order valence-corrected chi connectivity index (χ2v) is 2.86. The first-order valence-corrected chi connectivity index (χ1v) is 3.98. The van der Waals surface area contributed by atoms with Crippen LogP contribution < -0.4 is 5.32 Å². The second kappa shape index (κ2) is 3.58. The molecule has 2 rings (SSSR count). The van der Waals surface area contributed by atoms with Crippen LogP contribution in [0, 0.1) is 0 Å². The van der Waals surface area contributed by atoms with E-state index in [4.69, 9.17) is 15.1 Å². The van der Waals surface area contributed by atoms with Crippen LogP contribution in [0.3, 0.4) is 0 Å². The van der Waals surface area contributed by atoms with Crippen LogP contribution in [0.4, 0.5) is 0 Å². The van der Waals surface area contributed by atoms with Crippen molar-refractivity contribution in [2.75, 3.05) is 6.50 Å². The summed E-state index contributed by atoms with van der Waals surface area (Å²) in [6.45, 7) is -2.94. The van der Waals surface area contributed by atoms with E-state index in [0.717, 1.165) is 0 Å². The van der Waals surface area contributed by atoms with Gasteiger partial charge in [0, 0.05) is 18.7 Å². The third-order valence-corrected chi connectivity index (χ3v) is 1.68. The standard InChI is InChI=1S/C10H12BrN/c11-9-4-1-3-8(7-9)10-5-2-6-12-10/h1,3-4,7,10,12H,2,5-6H2/i1D,2D2,3D,4D,5D2,6D2,7D,10D. The molecule has 2 heteroatoms. The van der Waals surface area contributed by atoms with Gasteiger partial charge in [0.2, 0.25) is 0 Å². The highest BCUT2D eigenvalue weighted by atomic mass is 79.9. The summed E-state index contributed by atoms with van der Waals surface area (Å²) in [5.74, 6) is 0. The van der Waals surface area contributed by atoms with Crippen LogP contribution in [0.2, 0.25) is 0 Å². The van der Waals surface area contributed by atoms with E-state index in [1.165, 1.54) is 0 Å². The molecule has 1 aromatic carbocycles. The third-order valence-electron chi connectivity index (χ3n) is 1.28. The summed E-state index contributed by atoms with van der Waals surface area (Å²) in [5.41, 5.74) is -0.694. The maximum Gasteiger partial charge on any atom is 0.0638 e. The van der Waals surface area contributed by atoms with Gasteiger partial charge in [-0.25, -0.2) is 0 Å². The van der Waals surface area contributed by atoms with Crippen LogP contribution in [-0.4, -0.2) is 6.50 Å².